The van der Waals surface area contributed by atoms with Gasteiger partial charge in [-0.05, 0) is 34.5 Å². The molecule has 2 amide bonds. The quantitative estimate of drug-likeness (QED) is 0.575. The van der Waals surface area contributed by atoms with Crippen LogP contribution in [-0.4, -0.2) is 11.8 Å². The molecule has 24 heavy (non-hydrogen) atoms. The highest BCUT2D eigenvalue weighted by Crippen LogP contribution is 2.19. The number of hydrogen-bond acceptors (Lipinski definition) is 2. The normalized spacial score (nSPS) is 10.7. The molecule has 0 aliphatic heterocycles. The van der Waals surface area contributed by atoms with Crippen LogP contribution in [0.4, 0.5) is 0 Å². The summed E-state index contributed by atoms with van der Waals surface area (Å²) in [6, 6.07) is 22.6. The summed E-state index contributed by atoms with van der Waals surface area (Å²) in [5.74, 6) is -0.755. The first kappa shape index (κ1) is 15.5. The van der Waals surface area contributed by atoms with E-state index >= 15 is 0 Å². The lowest BCUT2D eigenvalue weighted by Gasteiger charge is -2.05. The minimum atomic E-state index is -0.396. The number of rotatable bonds is 3. The predicted octanol–water partition coefficient (Wildman–Crippen LogP) is 3.31. The Hall–Kier alpha value is -3.40. The third-order valence-corrected chi connectivity index (χ3v) is 3.57. The topological polar surface area (TPSA) is 58.2 Å². The van der Waals surface area contributed by atoms with Gasteiger partial charge in [-0.15, -0.1) is 0 Å². The molecule has 4 heteroatoms. The van der Waals surface area contributed by atoms with E-state index in [1.807, 2.05) is 48.5 Å². The first-order chi connectivity index (χ1) is 11.7. The molecule has 0 heterocycles. The Labute approximate surface area is 139 Å². The van der Waals surface area contributed by atoms with E-state index in [4.69, 9.17) is 0 Å². The second-order valence-corrected chi connectivity index (χ2v) is 5.21. The molecule has 0 aromatic heterocycles. The highest BCUT2D eigenvalue weighted by atomic mass is 16.2. The molecule has 4 nitrogen and oxygen atoms in total. The second kappa shape index (κ2) is 7.24. The van der Waals surface area contributed by atoms with Crippen LogP contribution < -0.4 is 10.9 Å². The van der Waals surface area contributed by atoms with Crippen molar-refractivity contribution in [1.82, 2.24) is 10.9 Å². The number of benzene rings is 3. The van der Waals surface area contributed by atoms with Gasteiger partial charge in [0.1, 0.15) is 0 Å². The summed E-state index contributed by atoms with van der Waals surface area (Å²) in [7, 11) is 0. The standard InChI is InChI=1S/C20H16N2O2/c23-19(21-22-20(24)17-8-2-1-3-9-17)14-13-16-11-6-10-15-7-4-5-12-18(15)16/h1-14H,(H,21,23)(H,22,24)/b14-13+. The summed E-state index contributed by atoms with van der Waals surface area (Å²) in [6.45, 7) is 0. The van der Waals surface area contributed by atoms with Crippen LogP contribution in [0.15, 0.2) is 78.9 Å². The van der Waals surface area contributed by atoms with Crippen LogP contribution in [-0.2, 0) is 4.79 Å². The van der Waals surface area contributed by atoms with Crippen molar-refractivity contribution in [2.45, 2.75) is 0 Å². The van der Waals surface area contributed by atoms with Crippen LogP contribution in [0.1, 0.15) is 15.9 Å². The van der Waals surface area contributed by atoms with Gasteiger partial charge in [0.05, 0.1) is 0 Å². The summed E-state index contributed by atoms with van der Waals surface area (Å²) >= 11 is 0. The zero-order valence-electron chi connectivity index (χ0n) is 12.9. The molecule has 0 bridgehead atoms. The van der Waals surface area contributed by atoms with Gasteiger partial charge >= 0.3 is 0 Å². The minimum Gasteiger partial charge on any atom is -0.268 e. The van der Waals surface area contributed by atoms with Crippen molar-refractivity contribution in [1.29, 1.82) is 0 Å². The van der Waals surface area contributed by atoms with Gasteiger partial charge in [-0.25, -0.2) is 0 Å². The Morgan fingerprint density at radius 1 is 0.750 bits per heavy atom. The van der Waals surface area contributed by atoms with Gasteiger partial charge < -0.3 is 0 Å². The van der Waals surface area contributed by atoms with Crippen LogP contribution in [0.5, 0.6) is 0 Å². The number of hydrazine groups is 1. The summed E-state index contributed by atoms with van der Waals surface area (Å²) < 4.78 is 0. The molecule has 0 saturated heterocycles. The minimum absolute atomic E-state index is 0.359. The van der Waals surface area contributed by atoms with Crippen molar-refractivity contribution in [3.05, 3.63) is 90.0 Å². The zero-order valence-corrected chi connectivity index (χ0v) is 12.9. The Bertz CT molecular complexity index is 896. The molecule has 0 unspecified atom stereocenters. The van der Waals surface area contributed by atoms with Crippen molar-refractivity contribution in [2.24, 2.45) is 0 Å². The maximum absolute atomic E-state index is 11.9. The fourth-order valence-electron chi connectivity index (χ4n) is 2.38. The molecule has 3 rings (SSSR count). The van der Waals surface area contributed by atoms with Crippen LogP contribution >= 0.6 is 0 Å². The van der Waals surface area contributed by atoms with Crippen LogP contribution in [0.2, 0.25) is 0 Å². The van der Waals surface area contributed by atoms with Crippen molar-refractivity contribution in [2.75, 3.05) is 0 Å². The fourth-order valence-corrected chi connectivity index (χ4v) is 2.38. The smallest absolute Gasteiger partial charge is 0.268 e. The average molecular weight is 316 g/mol. The Morgan fingerprint density at radius 3 is 2.29 bits per heavy atom. The number of hydrogen-bond donors (Lipinski definition) is 2. The lowest BCUT2D eigenvalue weighted by atomic mass is 10.0. The Kier molecular flexibility index (Phi) is 4.68. The van der Waals surface area contributed by atoms with Gasteiger partial charge in [0.15, 0.2) is 0 Å². The van der Waals surface area contributed by atoms with Crippen molar-refractivity contribution < 1.29 is 9.59 Å². The molecule has 0 fully saturated rings. The predicted molar refractivity (Wildman–Crippen MR) is 95.0 cm³/mol. The summed E-state index contributed by atoms with van der Waals surface area (Å²) in [6.07, 6.45) is 3.12. The van der Waals surface area contributed by atoms with E-state index in [1.54, 1.807) is 30.3 Å². The van der Waals surface area contributed by atoms with Gasteiger partial charge in [-0.1, -0.05) is 60.7 Å². The Balaban J connectivity index is 1.64. The molecule has 0 atom stereocenters. The maximum Gasteiger partial charge on any atom is 0.269 e. The van der Waals surface area contributed by atoms with E-state index in [9.17, 15) is 9.59 Å². The number of nitrogens with one attached hydrogen (secondary N) is 2. The van der Waals surface area contributed by atoms with Gasteiger partial charge in [-0.2, -0.15) is 0 Å². The van der Waals surface area contributed by atoms with Crippen molar-refractivity contribution >= 4 is 28.7 Å². The lowest BCUT2D eigenvalue weighted by molar-refractivity contribution is -0.117. The number of fused-ring (bicyclic) bond motifs is 1. The largest absolute Gasteiger partial charge is 0.269 e. The highest BCUT2D eigenvalue weighted by molar-refractivity contribution is 5.99. The van der Waals surface area contributed by atoms with Crippen LogP contribution in [0.25, 0.3) is 16.8 Å². The second-order valence-electron chi connectivity index (χ2n) is 5.21. The fraction of sp³-hybridized carbons (Fsp3) is 0. The lowest BCUT2D eigenvalue weighted by Crippen LogP contribution is -2.40. The maximum atomic E-state index is 11.9. The van der Waals surface area contributed by atoms with Gasteiger partial charge in [0.25, 0.3) is 11.8 Å². The van der Waals surface area contributed by atoms with Gasteiger partial charge in [0.2, 0.25) is 0 Å². The zero-order chi connectivity index (χ0) is 16.8. The molecular formula is C20H16N2O2. The highest BCUT2D eigenvalue weighted by Gasteiger charge is 2.04. The molecule has 0 saturated carbocycles. The molecule has 3 aromatic rings. The molecule has 0 aliphatic rings. The number of amides is 2. The third-order valence-electron chi connectivity index (χ3n) is 3.57. The van der Waals surface area contributed by atoms with E-state index in [0.29, 0.717) is 5.56 Å². The molecule has 0 aliphatic carbocycles. The molecule has 3 aromatic carbocycles. The Morgan fingerprint density at radius 2 is 1.46 bits per heavy atom. The third kappa shape index (κ3) is 3.67. The first-order valence-corrected chi connectivity index (χ1v) is 7.55. The summed E-state index contributed by atoms with van der Waals surface area (Å²) in [4.78, 5) is 23.7. The van der Waals surface area contributed by atoms with E-state index in [2.05, 4.69) is 10.9 Å². The van der Waals surface area contributed by atoms with Crippen LogP contribution in [0.3, 0.4) is 0 Å². The molecule has 0 radical (unpaired) electrons. The van der Waals surface area contributed by atoms with E-state index in [-0.39, 0.29) is 5.91 Å². The summed E-state index contributed by atoms with van der Waals surface area (Å²) in [5, 5.41) is 2.18. The van der Waals surface area contributed by atoms with E-state index < -0.39 is 5.91 Å². The number of carbonyl (C=O) groups excluding carboxylic acids is 2. The van der Waals surface area contributed by atoms with Crippen molar-refractivity contribution in [3.8, 4) is 0 Å². The van der Waals surface area contributed by atoms with Gasteiger partial charge in [0, 0.05) is 11.6 Å². The van der Waals surface area contributed by atoms with E-state index in [0.717, 1.165) is 16.3 Å². The summed E-state index contributed by atoms with van der Waals surface area (Å²) in [5.41, 5.74) is 6.18. The molecule has 0 spiro atoms. The first-order valence-electron chi connectivity index (χ1n) is 7.55. The van der Waals surface area contributed by atoms with Gasteiger partial charge in [-0.3, -0.25) is 20.4 Å². The van der Waals surface area contributed by atoms with Crippen molar-refractivity contribution in [3.63, 3.8) is 0 Å². The molecule has 118 valence electrons. The SMILES string of the molecule is O=C(/C=C/c1cccc2ccccc12)NNC(=O)c1ccccc1. The average Bonchev–Trinajstić information content (AvgIpc) is 2.65. The monoisotopic (exact) mass is 316 g/mol. The molecular weight excluding hydrogens is 300 g/mol. The molecule has 2 N–H and O–H groups in total. The number of carbonyl (C=O) groups is 2. The van der Waals surface area contributed by atoms with E-state index in [1.165, 1.54) is 6.08 Å². The van der Waals surface area contributed by atoms with Crippen LogP contribution in [0, 0.1) is 0 Å².